The zero-order valence-electron chi connectivity index (χ0n) is 14.5. The molecule has 23 heavy (non-hydrogen) atoms. The minimum absolute atomic E-state index is 0.0139. The van der Waals surface area contributed by atoms with E-state index in [0.717, 1.165) is 0 Å². The predicted octanol–water partition coefficient (Wildman–Crippen LogP) is 2.60. The van der Waals surface area contributed by atoms with Crippen LogP contribution in [0.15, 0.2) is 29.2 Å². The fourth-order valence-electron chi connectivity index (χ4n) is 2.38. The second kappa shape index (κ2) is 7.55. The molecule has 2 N–H and O–H groups in total. The normalized spacial score (nSPS) is 14.0. The van der Waals surface area contributed by atoms with Gasteiger partial charge in [-0.25, -0.2) is 13.1 Å². The van der Waals surface area contributed by atoms with Crippen LogP contribution in [-0.2, 0) is 10.0 Å². The van der Waals surface area contributed by atoms with Gasteiger partial charge in [0, 0.05) is 18.0 Å². The molecule has 0 fully saturated rings. The van der Waals surface area contributed by atoms with Gasteiger partial charge in [-0.1, -0.05) is 39.8 Å². The molecule has 0 bridgehead atoms. The van der Waals surface area contributed by atoms with Gasteiger partial charge < -0.3 is 5.11 Å². The van der Waals surface area contributed by atoms with Gasteiger partial charge in [0.1, 0.15) is 0 Å². The predicted molar refractivity (Wildman–Crippen MR) is 90.9 cm³/mol. The van der Waals surface area contributed by atoms with Crippen LogP contribution < -0.4 is 4.72 Å². The molecule has 130 valence electrons. The summed E-state index contributed by atoms with van der Waals surface area (Å²) in [6.07, 6.45) is 0.00740. The van der Waals surface area contributed by atoms with Crippen molar-refractivity contribution in [1.29, 1.82) is 0 Å². The largest absolute Gasteiger partial charge is 0.393 e. The molecule has 1 atom stereocenters. The Morgan fingerprint density at radius 1 is 1.17 bits per heavy atom. The summed E-state index contributed by atoms with van der Waals surface area (Å²) in [6, 6.07) is 5.97. The van der Waals surface area contributed by atoms with E-state index in [4.69, 9.17) is 0 Å². The number of aliphatic hydroxyl groups is 1. The Morgan fingerprint density at radius 2 is 1.70 bits per heavy atom. The zero-order valence-corrected chi connectivity index (χ0v) is 15.3. The second-order valence-corrected chi connectivity index (χ2v) is 8.85. The highest BCUT2D eigenvalue weighted by atomic mass is 32.2. The Kier molecular flexibility index (Phi) is 6.50. The van der Waals surface area contributed by atoms with Crippen molar-refractivity contribution in [3.8, 4) is 0 Å². The van der Waals surface area contributed by atoms with E-state index < -0.39 is 16.1 Å². The smallest absolute Gasteiger partial charge is 0.240 e. The number of rotatable bonds is 8. The fraction of sp³-hybridized carbons (Fsp3) is 0.588. The first kappa shape index (κ1) is 19.8. The summed E-state index contributed by atoms with van der Waals surface area (Å²) in [5, 5.41) is 9.45. The molecule has 1 rings (SSSR count). The van der Waals surface area contributed by atoms with Crippen LogP contribution in [0.25, 0.3) is 0 Å². The molecule has 0 saturated heterocycles. The number of Topliss-reactive ketones (excluding diaryl/α,β-unsaturated/α-hetero) is 1. The lowest BCUT2D eigenvalue weighted by atomic mass is 9.87. The summed E-state index contributed by atoms with van der Waals surface area (Å²) >= 11 is 0. The average molecular weight is 341 g/mol. The number of hydrogen-bond acceptors (Lipinski definition) is 4. The monoisotopic (exact) mass is 341 g/mol. The molecule has 0 heterocycles. The van der Waals surface area contributed by atoms with Crippen molar-refractivity contribution in [2.24, 2.45) is 11.3 Å². The Balaban J connectivity index is 2.83. The summed E-state index contributed by atoms with van der Waals surface area (Å²) in [5.74, 6) is -0.142. The Hall–Kier alpha value is -1.24. The second-order valence-electron chi connectivity index (χ2n) is 7.09. The number of benzene rings is 1. The number of ketones is 1. The van der Waals surface area contributed by atoms with E-state index in [0.29, 0.717) is 12.0 Å². The standard InChI is InChI=1S/C17H27NO4S/c1-12(2)16(20)14-6-8-15(9-7-14)23(21,22)18-11-17(4,5)10-13(3)19/h6-9,12-13,18-19H,10-11H2,1-5H3/t13-/m1/s1. The van der Waals surface area contributed by atoms with E-state index in [-0.39, 0.29) is 28.6 Å². The minimum Gasteiger partial charge on any atom is -0.393 e. The van der Waals surface area contributed by atoms with Gasteiger partial charge >= 0.3 is 0 Å². The van der Waals surface area contributed by atoms with E-state index in [9.17, 15) is 18.3 Å². The Bertz CT molecular complexity index is 631. The molecule has 0 aromatic heterocycles. The number of hydrogen-bond donors (Lipinski definition) is 2. The summed E-state index contributed by atoms with van der Waals surface area (Å²) in [6.45, 7) is 9.31. The summed E-state index contributed by atoms with van der Waals surface area (Å²) < 4.78 is 27.2. The SMILES string of the molecule is CC(C)C(=O)c1ccc(S(=O)(=O)NCC(C)(C)C[C@@H](C)O)cc1. The van der Waals surface area contributed by atoms with Gasteiger partial charge in [-0.15, -0.1) is 0 Å². The van der Waals surface area contributed by atoms with Crippen LogP contribution in [0.5, 0.6) is 0 Å². The maximum atomic E-state index is 12.3. The van der Waals surface area contributed by atoms with Crippen molar-refractivity contribution in [2.75, 3.05) is 6.54 Å². The van der Waals surface area contributed by atoms with Crippen LogP contribution in [0.1, 0.15) is 51.4 Å². The molecule has 0 aliphatic heterocycles. The van der Waals surface area contributed by atoms with Gasteiger partial charge in [-0.3, -0.25) is 4.79 Å². The third kappa shape index (κ3) is 6.05. The highest BCUT2D eigenvalue weighted by Crippen LogP contribution is 2.22. The van der Waals surface area contributed by atoms with Crippen LogP contribution in [0.3, 0.4) is 0 Å². The van der Waals surface area contributed by atoms with Crippen molar-refractivity contribution >= 4 is 15.8 Å². The van der Waals surface area contributed by atoms with Crippen molar-refractivity contribution in [3.63, 3.8) is 0 Å². The van der Waals surface area contributed by atoms with Gasteiger partial charge in [0.2, 0.25) is 10.0 Å². The van der Waals surface area contributed by atoms with Crippen LogP contribution >= 0.6 is 0 Å². The van der Waals surface area contributed by atoms with Gasteiger partial charge in [0.15, 0.2) is 5.78 Å². The van der Waals surface area contributed by atoms with E-state index in [1.807, 2.05) is 13.8 Å². The third-order valence-electron chi connectivity index (χ3n) is 3.56. The number of aliphatic hydroxyl groups excluding tert-OH is 1. The van der Waals surface area contributed by atoms with Gasteiger partial charge in [-0.05, 0) is 30.9 Å². The number of sulfonamides is 1. The number of carbonyl (C=O) groups is 1. The van der Waals surface area contributed by atoms with Crippen LogP contribution in [0.4, 0.5) is 0 Å². The highest BCUT2D eigenvalue weighted by molar-refractivity contribution is 7.89. The van der Waals surface area contributed by atoms with Gasteiger partial charge in [0.05, 0.1) is 11.0 Å². The highest BCUT2D eigenvalue weighted by Gasteiger charge is 2.24. The molecule has 0 spiro atoms. The first-order valence-electron chi connectivity index (χ1n) is 7.76. The van der Waals surface area contributed by atoms with Crippen molar-refractivity contribution < 1.29 is 18.3 Å². The summed E-state index contributed by atoms with van der Waals surface area (Å²) in [7, 11) is -3.63. The molecule has 0 amide bonds. The minimum atomic E-state index is -3.63. The molecule has 1 aromatic rings. The molecule has 5 nitrogen and oxygen atoms in total. The van der Waals surface area contributed by atoms with Crippen LogP contribution in [-0.4, -0.2) is 32.0 Å². The lowest BCUT2D eigenvalue weighted by molar-refractivity contribution is 0.0939. The molecule has 0 aliphatic carbocycles. The number of carbonyl (C=O) groups excluding carboxylic acids is 1. The fourth-order valence-corrected chi connectivity index (χ4v) is 3.62. The Morgan fingerprint density at radius 3 is 2.13 bits per heavy atom. The lowest BCUT2D eigenvalue weighted by Gasteiger charge is -2.26. The molecule has 0 radical (unpaired) electrons. The van der Waals surface area contributed by atoms with Crippen molar-refractivity contribution in [3.05, 3.63) is 29.8 Å². The molecule has 0 saturated carbocycles. The number of nitrogens with one attached hydrogen (secondary N) is 1. The summed E-state index contributed by atoms with van der Waals surface area (Å²) in [5.41, 5.74) is 0.155. The van der Waals surface area contributed by atoms with Gasteiger partial charge in [0.25, 0.3) is 0 Å². The summed E-state index contributed by atoms with van der Waals surface area (Å²) in [4.78, 5) is 12.0. The van der Waals surface area contributed by atoms with Crippen LogP contribution in [0.2, 0.25) is 0 Å². The first-order valence-corrected chi connectivity index (χ1v) is 9.25. The van der Waals surface area contributed by atoms with E-state index in [1.165, 1.54) is 24.3 Å². The van der Waals surface area contributed by atoms with Crippen molar-refractivity contribution in [2.45, 2.75) is 52.0 Å². The van der Waals surface area contributed by atoms with E-state index >= 15 is 0 Å². The van der Waals surface area contributed by atoms with Crippen LogP contribution in [0, 0.1) is 11.3 Å². The maximum absolute atomic E-state index is 12.3. The first-order chi connectivity index (χ1) is 10.4. The molecular weight excluding hydrogens is 314 g/mol. The van der Waals surface area contributed by atoms with E-state index in [2.05, 4.69) is 4.72 Å². The van der Waals surface area contributed by atoms with Gasteiger partial charge in [-0.2, -0.15) is 0 Å². The molecule has 1 aromatic carbocycles. The molecule has 6 heteroatoms. The molecular formula is C17H27NO4S. The zero-order chi connectivity index (χ0) is 17.8. The quantitative estimate of drug-likeness (QED) is 0.712. The average Bonchev–Trinajstić information content (AvgIpc) is 2.43. The van der Waals surface area contributed by atoms with Crippen molar-refractivity contribution in [1.82, 2.24) is 4.72 Å². The molecule has 0 unspecified atom stereocenters. The van der Waals surface area contributed by atoms with E-state index in [1.54, 1.807) is 20.8 Å². The topological polar surface area (TPSA) is 83.5 Å². The third-order valence-corrected chi connectivity index (χ3v) is 4.98. The lowest BCUT2D eigenvalue weighted by Crippen LogP contribution is -2.35. The molecule has 0 aliphatic rings. The Labute approximate surface area is 139 Å². The maximum Gasteiger partial charge on any atom is 0.240 e.